The highest BCUT2D eigenvalue weighted by Gasteiger charge is 2.15. The summed E-state index contributed by atoms with van der Waals surface area (Å²) in [5.41, 5.74) is 1.06. The number of methoxy groups -OCH3 is 2. The van der Waals surface area contributed by atoms with Crippen LogP contribution in [0.4, 0.5) is 0 Å². The van der Waals surface area contributed by atoms with Crippen molar-refractivity contribution in [2.24, 2.45) is 0 Å². The highest BCUT2D eigenvalue weighted by Crippen LogP contribution is 2.33. The largest absolute Gasteiger partial charge is 0.497 e. The summed E-state index contributed by atoms with van der Waals surface area (Å²) in [7, 11) is 3.00. The van der Waals surface area contributed by atoms with Crippen molar-refractivity contribution in [3.05, 3.63) is 41.7 Å². The molecule has 0 bridgehead atoms. The summed E-state index contributed by atoms with van der Waals surface area (Å²) in [6.07, 6.45) is -0.368. The zero-order valence-electron chi connectivity index (χ0n) is 12.6. The first kappa shape index (κ1) is 16.3. The standard InChI is InChI=1S/C16H15NO6/c1-22-11-3-4-12(14(8-11)23-2)9-5-10(7-15(18)19)17-13(6-9)16(20)21/h3-6,8H,7H2,1-2H3,(H,18,19)(H,20,21). The molecule has 0 saturated carbocycles. The molecule has 1 heterocycles. The number of carboxylic acid groups (broad SMARTS) is 2. The van der Waals surface area contributed by atoms with Crippen molar-refractivity contribution < 1.29 is 29.3 Å². The lowest BCUT2D eigenvalue weighted by molar-refractivity contribution is -0.136. The Labute approximate surface area is 132 Å². The molecule has 1 aromatic carbocycles. The smallest absolute Gasteiger partial charge is 0.354 e. The van der Waals surface area contributed by atoms with Gasteiger partial charge < -0.3 is 19.7 Å². The van der Waals surface area contributed by atoms with Crippen molar-refractivity contribution in [2.45, 2.75) is 6.42 Å². The van der Waals surface area contributed by atoms with Crippen LogP contribution in [0.15, 0.2) is 30.3 Å². The molecule has 7 nitrogen and oxygen atoms in total. The van der Waals surface area contributed by atoms with Gasteiger partial charge in [-0.3, -0.25) is 4.79 Å². The van der Waals surface area contributed by atoms with E-state index in [9.17, 15) is 9.59 Å². The van der Waals surface area contributed by atoms with Crippen molar-refractivity contribution >= 4 is 11.9 Å². The lowest BCUT2D eigenvalue weighted by atomic mass is 10.0. The SMILES string of the molecule is COc1ccc(-c2cc(CC(=O)O)nc(C(=O)O)c2)c(OC)c1. The van der Waals surface area contributed by atoms with Gasteiger partial charge in [-0.25, -0.2) is 9.78 Å². The Kier molecular flexibility index (Phi) is 4.80. The van der Waals surface area contributed by atoms with Gasteiger partial charge in [0.1, 0.15) is 17.2 Å². The van der Waals surface area contributed by atoms with E-state index in [2.05, 4.69) is 4.98 Å². The number of pyridine rings is 1. The van der Waals surface area contributed by atoms with Crippen molar-refractivity contribution in [1.29, 1.82) is 0 Å². The van der Waals surface area contributed by atoms with Crippen LogP contribution in [0.5, 0.6) is 11.5 Å². The highest BCUT2D eigenvalue weighted by molar-refractivity contribution is 5.88. The fraction of sp³-hybridized carbons (Fsp3) is 0.188. The van der Waals surface area contributed by atoms with Gasteiger partial charge >= 0.3 is 11.9 Å². The maximum absolute atomic E-state index is 11.2. The summed E-state index contributed by atoms with van der Waals surface area (Å²) in [5.74, 6) is -1.25. The summed E-state index contributed by atoms with van der Waals surface area (Å²) in [5, 5.41) is 18.1. The predicted molar refractivity (Wildman–Crippen MR) is 81.1 cm³/mol. The average Bonchev–Trinajstić information content (AvgIpc) is 2.53. The molecule has 0 spiro atoms. The van der Waals surface area contributed by atoms with Gasteiger partial charge in [-0.1, -0.05) is 0 Å². The number of benzene rings is 1. The third-order valence-corrected chi connectivity index (χ3v) is 3.15. The molecule has 23 heavy (non-hydrogen) atoms. The number of carbonyl (C=O) groups is 2. The summed E-state index contributed by atoms with van der Waals surface area (Å²) in [4.78, 5) is 25.9. The minimum absolute atomic E-state index is 0.158. The zero-order valence-corrected chi connectivity index (χ0v) is 12.6. The van der Waals surface area contributed by atoms with E-state index in [1.807, 2.05) is 0 Å². The number of hydrogen-bond donors (Lipinski definition) is 2. The lowest BCUT2D eigenvalue weighted by Gasteiger charge is -2.12. The van der Waals surface area contributed by atoms with E-state index < -0.39 is 11.9 Å². The van der Waals surface area contributed by atoms with E-state index in [1.165, 1.54) is 26.4 Å². The van der Waals surface area contributed by atoms with Gasteiger partial charge in [-0.05, 0) is 29.8 Å². The first-order chi connectivity index (χ1) is 10.9. The van der Waals surface area contributed by atoms with Crippen LogP contribution in [0.1, 0.15) is 16.2 Å². The Morgan fingerprint density at radius 3 is 2.39 bits per heavy atom. The molecule has 1 aromatic heterocycles. The molecule has 120 valence electrons. The summed E-state index contributed by atoms with van der Waals surface area (Å²) >= 11 is 0. The van der Waals surface area contributed by atoms with Crippen LogP contribution in [-0.2, 0) is 11.2 Å². The number of rotatable bonds is 6. The van der Waals surface area contributed by atoms with Gasteiger partial charge in [0, 0.05) is 11.6 Å². The van der Waals surface area contributed by atoms with Crippen LogP contribution in [0, 0.1) is 0 Å². The second-order valence-electron chi connectivity index (χ2n) is 4.67. The van der Waals surface area contributed by atoms with Crippen molar-refractivity contribution in [3.63, 3.8) is 0 Å². The number of hydrogen-bond acceptors (Lipinski definition) is 5. The minimum Gasteiger partial charge on any atom is -0.497 e. The second kappa shape index (κ2) is 6.78. The molecule has 2 aromatic rings. The number of aliphatic carboxylic acids is 1. The third kappa shape index (κ3) is 3.76. The first-order valence-electron chi connectivity index (χ1n) is 6.63. The lowest BCUT2D eigenvalue weighted by Crippen LogP contribution is -2.08. The monoisotopic (exact) mass is 317 g/mol. The van der Waals surface area contributed by atoms with E-state index in [1.54, 1.807) is 18.2 Å². The van der Waals surface area contributed by atoms with Crippen LogP contribution < -0.4 is 9.47 Å². The number of ether oxygens (including phenoxy) is 2. The Morgan fingerprint density at radius 2 is 1.83 bits per heavy atom. The van der Waals surface area contributed by atoms with Gasteiger partial charge in [0.15, 0.2) is 0 Å². The summed E-state index contributed by atoms with van der Waals surface area (Å²) < 4.78 is 10.4. The molecule has 0 aliphatic heterocycles. The molecule has 0 aliphatic carbocycles. The molecular formula is C16H15NO6. The molecule has 2 N–H and O–H groups in total. The molecule has 2 rings (SSSR count). The van der Waals surface area contributed by atoms with E-state index in [0.29, 0.717) is 22.6 Å². The number of aromatic nitrogens is 1. The molecule has 0 radical (unpaired) electrons. The summed E-state index contributed by atoms with van der Waals surface area (Å²) in [6, 6.07) is 7.98. The average molecular weight is 317 g/mol. The molecule has 0 saturated heterocycles. The van der Waals surface area contributed by atoms with Crippen molar-refractivity contribution in [2.75, 3.05) is 14.2 Å². The zero-order chi connectivity index (χ0) is 17.0. The van der Waals surface area contributed by atoms with Gasteiger partial charge in [-0.2, -0.15) is 0 Å². The Hall–Kier alpha value is -3.09. The van der Waals surface area contributed by atoms with Gasteiger partial charge in [0.2, 0.25) is 0 Å². The molecule has 0 aliphatic rings. The van der Waals surface area contributed by atoms with E-state index in [-0.39, 0.29) is 17.8 Å². The molecule has 7 heteroatoms. The second-order valence-corrected chi connectivity index (χ2v) is 4.67. The Morgan fingerprint density at radius 1 is 1.09 bits per heavy atom. The van der Waals surface area contributed by atoms with Crippen LogP contribution >= 0.6 is 0 Å². The van der Waals surface area contributed by atoms with E-state index >= 15 is 0 Å². The fourth-order valence-corrected chi connectivity index (χ4v) is 2.14. The van der Waals surface area contributed by atoms with E-state index in [4.69, 9.17) is 19.7 Å². The third-order valence-electron chi connectivity index (χ3n) is 3.15. The minimum atomic E-state index is -1.23. The van der Waals surface area contributed by atoms with E-state index in [0.717, 1.165) is 0 Å². The number of carboxylic acids is 2. The summed E-state index contributed by atoms with van der Waals surface area (Å²) in [6.45, 7) is 0. The number of aromatic carboxylic acids is 1. The number of nitrogens with zero attached hydrogens (tertiary/aromatic N) is 1. The first-order valence-corrected chi connectivity index (χ1v) is 6.63. The van der Waals surface area contributed by atoms with Gasteiger partial charge in [0.05, 0.1) is 26.3 Å². The van der Waals surface area contributed by atoms with Crippen LogP contribution in [-0.4, -0.2) is 41.4 Å². The van der Waals surface area contributed by atoms with Gasteiger partial charge in [0.25, 0.3) is 0 Å². The quantitative estimate of drug-likeness (QED) is 0.840. The fourth-order valence-electron chi connectivity index (χ4n) is 2.14. The normalized spacial score (nSPS) is 10.2. The molecule has 0 atom stereocenters. The van der Waals surface area contributed by atoms with Crippen molar-refractivity contribution in [1.82, 2.24) is 4.98 Å². The highest BCUT2D eigenvalue weighted by atomic mass is 16.5. The topological polar surface area (TPSA) is 106 Å². The molecule has 0 unspecified atom stereocenters. The Balaban J connectivity index is 2.59. The van der Waals surface area contributed by atoms with Crippen LogP contribution in [0.3, 0.4) is 0 Å². The molecule has 0 fully saturated rings. The molecular weight excluding hydrogens is 302 g/mol. The van der Waals surface area contributed by atoms with Crippen molar-refractivity contribution in [3.8, 4) is 22.6 Å². The maximum atomic E-state index is 11.2. The van der Waals surface area contributed by atoms with Gasteiger partial charge in [-0.15, -0.1) is 0 Å². The predicted octanol–water partition coefficient (Wildman–Crippen LogP) is 2.09. The van der Waals surface area contributed by atoms with Crippen LogP contribution in [0.25, 0.3) is 11.1 Å². The molecule has 0 amide bonds. The van der Waals surface area contributed by atoms with Crippen LogP contribution in [0.2, 0.25) is 0 Å². The maximum Gasteiger partial charge on any atom is 0.354 e. The Bertz CT molecular complexity index is 756.